The van der Waals surface area contributed by atoms with Gasteiger partial charge >= 0.3 is 0 Å². The Kier molecular flexibility index (Phi) is 6.62. The summed E-state index contributed by atoms with van der Waals surface area (Å²) in [5.41, 5.74) is 2.16. The van der Waals surface area contributed by atoms with Gasteiger partial charge in [0.2, 0.25) is 5.95 Å². The molecule has 0 fully saturated rings. The predicted octanol–water partition coefficient (Wildman–Crippen LogP) is 2.51. The number of methoxy groups -OCH3 is 2. The van der Waals surface area contributed by atoms with Crippen LogP contribution in [0.4, 0.5) is 11.8 Å². The second-order valence-electron chi connectivity index (χ2n) is 5.16. The highest BCUT2D eigenvalue weighted by molar-refractivity contribution is 5.42. The van der Waals surface area contributed by atoms with Gasteiger partial charge in [-0.05, 0) is 31.0 Å². The van der Waals surface area contributed by atoms with E-state index < -0.39 is 0 Å². The van der Waals surface area contributed by atoms with Crippen LogP contribution in [0.25, 0.3) is 0 Å². The van der Waals surface area contributed by atoms with Gasteiger partial charge in [0.05, 0.1) is 13.7 Å². The molecule has 0 atom stereocenters. The standard InChI is InChI=1S/C17H24N4O2/c1-13-12-16(18-10-11-22-2)21-17(20-13)19-9-8-14-4-6-15(23-3)7-5-14/h4-7,12H,8-11H2,1-3H3,(H2,18,19,20,21). The fourth-order valence-electron chi connectivity index (χ4n) is 2.13. The van der Waals surface area contributed by atoms with Gasteiger partial charge in [0.1, 0.15) is 11.6 Å². The smallest absolute Gasteiger partial charge is 0.224 e. The third-order valence-electron chi connectivity index (χ3n) is 3.32. The van der Waals surface area contributed by atoms with Crippen molar-refractivity contribution in [3.63, 3.8) is 0 Å². The number of nitrogens with one attached hydrogen (secondary N) is 2. The van der Waals surface area contributed by atoms with Crippen molar-refractivity contribution < 1.29 is 9.47 Å². The number of hydrogen-bond acceptors (Lipinski definition) is 6. The van der Waals surface area contributed by atoms with Gasteiger partial charge < -0.3 is 20.1 Å². The molecule has 0 radical (unpaired) electrons. The van der Waals surface area contributed by atoms with Gasteiger partial charge in [-0.3, -0.25) is 0 Å². The first-order valence-electron chi connectivity index (χ1n) is 7.66. The van der Waals surface area contributed by atoms with Crippen molar-refractivity contribution in [1.82, 2.24) is 9.97 Å². The van der Waals surface area contributed by atoms with Crippen molar-refractivity contribution in [2.24, 2.45) is 0 Å². The number of aromatic nitrogens is 2. The molecule has 0 aliphatic rings. The molecule has 0 amide bonds. The van der Waals surface area contributed by atoms with Crippen molar-refractivity contribution in [2.45, 2.75) is 13.3 Å². The van der Waals surface area contributed by atoms with Crippen LogP contribution in [0.2, 0.25) is 0 Å². The Hall–Kier alpha value is -2.34. The predicted molar refractivity (Wildman–Crippen MR) is 92.3 cm³/mol. The molecular formula is C17H24N4O2. The minimum atomic E-state index is 0.637. The highest BCUT2D eigenvalue weighted by atomic mass is 16.5. The summed E-state index contributed by atoms with van der Waals surface area (Å²) in [6.07, 6.45) is 0.897. The van der Waals surface area contributed by atoms with E-state index in [-0.39, 0.29) is 0 Å². The third-order valence-corrected chi connectivity index (χ3v) is 3.32. The van der Waals surface area contributed by atoms with E-state index in [9.17, 15) is 0 Å². The van der Waals surface area contributed by atoms with Crippen LogP contribution in [-0.2, 0) is 11.2 Å². The van der Waals surface area contributed by atoms with E-state index in [0.29, 0.717) is 12.6 Å². The number of rotatable bonds is 9. The SMILES string of the molecule is COCCNc1cc(C)nc(NCCc2ccc(OC)cc2)n1. The molecule has 0 saturated heterocycles. The molecule has 2 rings (SSSR count). The third kappa shape index (κ3) is 5.75. The fourth-order valence-corrected chi connectivity index (χ4v) is 2.13. The average molecular weight is 316 g/mol. The number of benzene rings is 1. The first-order valence-corrected chi connectivity index (χ1v) is 7.66. The van der Waals surface area contributed by atoms with Crippen LogP contribution in [0.5, 0.6) is 5.75 Å². The highest BCUT2D eigenvalue weighted by Gasteiger charge is 2.02. The normalized spacial score (nSPS) is 10.4. The van der Waals surface area contributed by atoms with Gasteiger partial charge in [-0.25, -0.2) is 4.98 Å². The van der Waals surface area contributed by atoms with Crippen LogP contribution in [0.3, 0.4) is 0 Å². The first-order chi connectivity index (χ1) is 11.2. The lowest BCUT2D eigenvalue weighted by Gasteiger charge is -2.10. The molecule has 0 aliphatic heterocycles. The molecule has 1 aromatic carbocycles. The van der Waals surface area contributed by atoms with Crippen LogP contribution in [-0.4, -0.2) is 43.9 Å². The molecule has 1 aromatic heterocycles. The second-order valence-corrected chi connectivity index (χ2v) is 5.16. The summed E-state index contributed by atoms with van der Waals surface area (Å²) >= 11 is 0. The van der Waals surface area contributed by atoms with Gasteiger partial charge in [0.15, 0.2) is 0 Å². The number of ether oxygens (including phenoxy) is 2. The van der Waals surface area contributed by atoms with Crippen LogP contribution < -0.4 is 15.4 Å². The molecule has 6 nitrogen and oxygen atoms in total. The topological polar surface area (TPSA) is 68.3 Å². The van der Waals surface area contributed by atoms with E-state index >= 15 is 0 Å². The summed E-state index contributed by atoms with van der Waals surface area (Å²) in [6, 6.07) is 9.99. The maximum Gasteiger partial charge on any atom is 0.224 e. The van der Waals surface area contributed by atoms with Crippen molar-refractivity contribution in [3.8, 4) is 5.75 Å². The Morgan fingerprint density at radius 1 is 1.00 bits per heavy atom. The van der Waals surface area contributed by atoms with E-state index in [1.54, 1.807) is 14.2 Å². The van der Waals surface area contributed by atoms with E-state index in [1.807, 2.05) is 25.1 Å². The lowest BCUT2D eigenvalue weighted by Crippen LogP contribution is -2.12. The molecular weight excluding hydrogens is 292 g/mol. The molecule has 23 heavy (non-hydrogen) atoms. The molecule has 0 spiro atoms. The van der Waals surface area contributed by atoms with E-state index in [4.69, 9.17) is 9.47 Å². The van der Waals surface area contributed by atoms with Crippen LogP contribution in [0, 0.1) is 6.92 Å². The lowest BCUT2D eigenvalue weighted by atomic mass is 10.1. The zero-order valence-corrected chi connectivity index (χ0v) is 13.9. The Morgan fingerprint density at radius 2 is 1.78 bits per heavy atom. The highest BCUT2D eigenvalue weighted by Crippen LogP contribution is 2.12. The molecule has 124 valence electrons. The molecule has 6 heteroatoms. The first kappa shape index (κ1) is 17.0. The van der Waals surface area contributed by atoms with Gasteiger partial charge in [0.25, 0.3) is 0 Å². The largest absolute Gasteiger partial charge is 0.497 e. The van der Waals surface area contributed by atoms with Gasteiger partial charge in [-0.2, -0.15) is 4.98 Å². The Labute approximate surface area is 137 Å². The Balaban J connectivity index is 1.86. The molecule has 2 aromatic rings. The monoisotopic (exact) mass is 316 g/mol. The maximum absolute atomic E-state index is 5.16. The second kappa shape index (κ2) is 8.95. The summed E-state index contributed by atoms with van der Waals surface area (Å²) in [5, 5.41) is 6.49. The van der Waals surface area contributed by atoms with Gasteiger partial charge in [-0.1, -0.05) is 12.1 Å². The van der Waals surface area contributed by atoms with Crippen molar-refractivity contribution >= 4 is 11.8 Å². The molecule has 2 N–H and O–H groups in total. The quantitative estimate of drug-likeness (QED) is 0.693. The number of aryl methyl sites for hydroxylation is 1. The zero-order valence-electron chi connectivity index (χ0n) is 13.9. The molecule has 0 aliphatic carbocycles. The van der Waals surface area contributed by atoms with Crippen LogP contribution >= 0.6 is 0 Å². The van der Waals surface area contributed by atoms with E-state index in [0.717, 1.165) is 36.8 Å². The van der Waals surface area contributed by atoms with Gasteiger partial charge in [-0.15, -0.1) is 0 Å². The number of hydrogen-bond donors (Lipinski definition) is 2. The van der Waals surface area contributed by atoms with E-state index in [1.165, 1.54) is 5.56 Å². The summed E-state index contributed by atoms with van der Waals surface area (Å²) in [6.45, 7) is 4.09. The average Bonchev–Trinajstić information content (AvgIpc) is 2.55. The van der Waals surface area contributed by atoms with Crippen LogP contribution in [0.15, 0.2) is 30.3 Å². The minimum absolute atomic E-state index is 0.637. The molecule has 0 saturated carbocycles. The van der Waals surface area contributed by atoms with Crippen molar-refractivity contribution in [2.75, 3.05) is 44.5 Å². The molecule has 1 heterocycles. The zero-order chi connectivity index (χ0) is 16.5. The van der Waals surface area contributed by atoms with Crippen molar-refractivity contribution in [1.29, 1.82) is 0 Å². The Bertz CT molecular complexity index is 602. The number of nitrogens with zero attached hydrogens (tertiary/aromatic N) is 2. The fraction of sp³-hybridized carbons (Fsp3) is 0.412. The van der Waals surface area contributed by atoms with Crippen molar-refractivity contribution in [3.05, 3.63) is 41.6 Å². The molecule has 0 unspecified atom stereocenters. The van der Waals surface area contributed by atoms with Gasteiger partial charge in [0, 0.05) is 32.0 Å². The van der Waals surface area contributed by atoms with Crippen LogP contribution in [0.1, 0.15) is 11.3 Å². The summed E-state index contributed by atoms with van der Waals surface area (Å²) < 4.78 is 10.2. The minimum Gasteiger partial charge on any atom is -0.497 e. The maximum atomic E-state index is 5.16. The summed E-state index contributed by atoms with van der Waals surface area (Å²) in [5.74, 6) is 2.32. The summed E-state index contributed by atoms with van der Waals surface area (Å²) in [7, 11) is 3.35. The lowest BCUT2D eigenvalue weighted by molar-refractivity contribution is 0.210. The summed E-state index contributed by atoms with van der Waals surface area (Å²) in [4.78, 5) is 8.86. The van der Waals surface area contributed by atoms with E-state index in [2.05, 4.69) is 32.7 Å². The number of anilines is 2. The Morgan fingerprint density at radius 3 is 2.48 bits per heavy atom. The molecule has 0 bridgehead atoms.